The number of rotatable bonds is 4. The van der Waals surface area contributed by atoms with E-state index in [0.717, 1.165) is 17.4 Å². The molecular weight excluding hydrogens is 457 g/mol. The Hall–Kier alpha value is -2.36. The van der Waals surface area contributed by atoms with Crippen molar-refractivity contribution in [2.45, 2.75) is 6.18 Å². The van der Waals surface area contributed by atoms with E-state index in [2.05, 4.69) is 0 Å². The predicted molar refractivity (Wildman–Crippen MR) is 102 cm³/mol. The summed E-state index contributed by atoms with van der Waals surface area (Å²) in [5.74, 6) is -2.47. The Bertz CT molecular complexity index is 1110. The van der Waals surface area contributed by atoms with Crippen LogP contribution in [-0.2, 0) is 15.7 Å². The Kier molecular flexibility index (Phi) is 6.02. The van der Waals surface area contributed by atoms with E-state index in [9.17, 15) is 27.2 Å². The van der Waals surface area contributed by atoms with Crippen molar-refractivity contribution < 1.29 is 31.9 Å². The van der Waals surface area contributed by atoms with Crippen LogP contribution in [0.2, 0.25) is 10.0 Å². The van der Waals surface area contributed by atoms with Crippen molar-refractivity contribution in [1.82, 2.24) is 0 Å². The van der Waals surface area contributed by atoms with Crippen LogP contribution in [0, 0.1) is 5.82 Å². The van der Waals surface area contributed by atoms with Crippen LogP contribution in [0.5, 0.6) is 0 Å². The number of halogens is 6. The highest BCUT2D eigenvalue weighted by Gasteiger charge is 2.34. The van der Waals surface area contributed by atoms with Crippen LogP contribution in [0.4, 0.5) is 23.2 Å². The molecule has 0 aliphatic rings. The molecule has 11 heteroatoms. The average Bonchev–Trinajstić information content (AvgIpc) is 2.96. The molecule has 1 heterocycles. The third kappa shape index (κ3) is 4.80. The number of benzene rings is 2. The highest BCUT2D eigenvalue weighted by Crippen LogP contribution is 2.37. The van der Waals surface area contributed by atoms with Crippen molar-refractivity contribution in [3.8, 4) is 0 Å². The predicted octanol–water partition coefficient (Wildman–Crippen LogP) is 6.16. The first kappa shape index (κ1) is 21.4. The van der Waals surface area contributed by atoms with Gasteiger partial charge in [0.25, 0.3) is 5.91 Å². The zero-order valence-electron chi connectivity index (χ0n) is 14.1. The summed E-state index contributed by atoms with van der Waals surface area (Å²) in [5.41, 5.74) is -1.67. The van der Waals surface area contributed by atoms with Crippen LogP contribution in [0.1, 0.15) is 15.2 Å². The number of anilines is 1. The van der Waals surface area contributed by atoms with Crippen LogP contribution in [0.3, 0.4) is 0 Å². The molecule has 3 aromatic rings. The fourth-order valence-corrected chi connectivity index (χ4v) is 4.01. The molecule has 2 aromatic carbocycles. The number of carbonyl (C=O) groups excluding carboxylic acids is 2. The van der Waals surface area contributed by atoms with Crippen molar-refractivity contribution in [2.24, 2.45) is 0 Å². The van der Waals surface area contributed by atoms with Gasteiger partial charge in [-0.2, -0.15) is 13.2 Å². The molecule has 1 aromatic heterocycles. The number of hydrogen-bond donors (Lipinski definition) is 1. The summed E-state index contributed by atoms with van der Waals surface area (Å²) in [7, 11) is 0. The molecule has 0 saturated heterocycles. The smallest absolute Gasteiger partial charge is 0.418 e. The van der Waals surface area contributed by atoms with E-state index in [4.69, 9.17) is 27.9 Å². The van der Waals surface area contributed by atoms with Crippen molar-refractivity contribution in [1.29, 1.82) is 0 Å². The maximum Gasteiger partial charge on any atom is 0.418 e. The van der Waals surface area contributed by atoms with Gasteiger partial charge < -0.3 is 10.1 Å². The summed E-state index contributed by atoms with van der Waals surface area (Å²) in [5, 5.41) is 2.34. The van der Waals surface area contributed by atoms with Crippen LogP contribution < -0.4 is 5.32 Å². The van der Waals surface area contributed by atoms with Gasteiger partial charge in [-0.15, -0.1) is 11.3 Å². The molecule has 0 saturated carbocycles. The van der Waals surface area contributed by atoms with Gasteiger partial charge in [-0.1, -0.05) is 23.2 Å². The largest absolute Gasteiger partial charge is 0.451 e. The Morgan fingerprint density at radius 1 is 1.10 bits per heavy atom. The Morgan fingerprint density at radius 3 is 2.52 bits per heavy atom. The van der Waals surface area contributed by atoms with Gasteiger partial charge in [-0.3, -0.25) is 4.79 Å². The second-order valence-corrected chi connectivity index (χ2v) is 7.56. The number of esters is 1. The normalized spacial score (nSPS) is 11.5. The van der Waals surface area contributed by atoms with Crippen LogP contribution >= 0.6 is 34.5 Å². The zero-order valence-corrected chi connectivity index (χ0v) is 16.4. The highest BCUT2D eigenvalue weighted by atomic mass is 35.5. The fraction of sp³-hybridized carbons (Fsp3) is 0.111. The number of carbonyl (C=O) groups is 2. The number of thiophene rings is 1. The lowest BCUT2D eigenvalue weighted by Gasteiger charge is -2.14. The van der Waals surface area contributed by atoms with E-state index in [1.165, 1.54) is 24.3 Å². The first-order valence-corrected chi connectivity index (χ1v) is 9.35. The minimum atomic E-state index is -4.75. The van der Waals surface area contributed by atoms with Gasteiger partial charge in [-0.25, -0.2) is 9.18 Å². The van der Waals surface area contributed by atoms with E-state index in [-0.39, 0.29) is 14.9 Å². The number of alkyl halides is 3. The molecule has 152 valence electrons. The van der Waals surface area contributed by atoms with Gasteiger partial charge in [0.05, 0.1) is 16.3 Å². The summed E-state index contributed by atoms with van der Waals surface area (Å²) in [4.78, 5) is 24.1. The molecule has 0 radical (unpaired) electrons. The lowest BCUT2D eigenvalue weighted by atomic mass is 10.1. The minimum Gasteiger partial charge on any atom is -0.451 e. The molecule has 0 atom stereocenters. The van der Waals surface area contributed by atoms with Gasteiger partial charge in [0.15, 0.2) is 6.61 Å². The fourth-order valence-electron chi connectivity index (χ4n) is 2.41. The summed E-state index contributed by atoms with van der Waals surface area (Å²) in [6, 6.07) is 6.59. The molecule has 0 unspecified atom stereocenters. The summed E-state index contributed by atoms with van der Waals surface area (Å²) in [6.45, 7) is -0.850. The quantitative estimate of drug-likeness (QED) is 0.370. The van der Waals surface area contributed by atoms with Gasteiger partial charge in [0.1, 0.15) is 10.7 Å². The average molecular weight is 466 g/mol. The Balaban J connectivity index is 1.70. The molecule has 0 aliphatic heterocycles. The molecule has 0 aliphatic carbocycles. The zero-order chi connectivity index (χ0) is 21.3. The molecule has 3 rings (SSSR count). The van der Waals surface area contributed by atoms with Crippen LogP contribution in [-0.4, -0.2) is 18.5 Å². The molecule has 29 heavy (non-hydrogen) atoms. The number of hydrogen-bond acceptors (Lipinski definition) is 4. The molecule has 0 spiro atoms. The van der Waals surface area contributed by atoms with Crippen LogP contribution in [0.15, 0.2) is 36.4 Å². The monoisotopic (exact) mass is 465 g/mol. The Labute approximate surface area is 175 Å². The van der Waals surface area contributed by atoms with Crippen molar-refractivity contribution >= 4 is 62.2 Å². The van der Waals surface area contributed by atoms with Gasteiger partial charge in [0, 0.05) is 15.1 Å². The number of fused-ring (bicyclic) bond motifs is 1. The van der Waals surface area contributed by atoms with Crippen molar-refractivity contribution in [3.05, 3.63) is 62.7 Å². The minimum absolute atomic E-state index is 0.0347. The molecular formula is C18H9Cl2F4NO3S. The van der Waals surface area contributed by atoms with E-state index < -0.39 is 41.7 Å². The number of ether oxygens (including phenoxy) is 1. The van der Waals surface area contributed by atoms with E-state index in [1.54, 1.807) is 0 Å². The van der Waals surface area contributed by atoms with E-state index in [0.29, 0.717) is 16.2 Å². The molecule has 1 N–H and O–H groups in total. The third-order valence-corrected chi connectivity index (χ3v) is 5.54. The van der Waals surface area contributed by atoms with E-state index in [1.807, 2.05) is 5.32 Å². The maximum absolute atomic E-state index is 13.3. The van der Waals surface area contributed by atoms with Crippen molar-refractivity contribution in [3.63, 3.8) is 0 Å². The second-order valence-electron chi connectivity index (χ2n) is 5.70. The summed E-state index contributed by atoms with van der Waals surface area (Å²) in [6.07, 6.45) is -4.75. The molecule has 1 amide bonds. The number of nitrogens with one attached hydrogen (secondary N) is 1. The highest BCUT2D eigenvalue weighted by molar-refractivity contribution is 7.21. The summed E-state index contributed by atoms with van der Waals surface area (Å²) < 4.78 is 57.7. The van der Waals surface area contributed by atoms with E-state index >= 15 is 0 Å². The second kappa shape index (κ2) is 8.17. The molecule has 4 nitrogen and oxygen atoms in total. The third-order valence-electron chi connectivity index (χ3n) is 3.67. The maximum atomic E-state index is 13.3. The molecule has 0 fully saturated rings. The standard InChI is InChI=1S/C18H9Cl2F4NO3S/c19-8-1-4-12(11(5-8)18(22,23)24)25-14(26)7-28-17(27)16-15(20)10-3-2-9(21)6-13(10)29-16/h1-6H,7H2,(H,25,26). The first-order chi connectivity index (χ1) is 13.6. The molecule has 0 bridgehead atoms. The Morgan fingerprint density at radius 2 is 1.83 bits per heavy atom. The first-order valence-electron chi connectivity index (χ1n) is 7.77. The summed E-state index contributed by atoms with van der Waals surface area (Å²) >= 11 is 12.5. The number of amides is 1. The van der Waals surface area contributed by atoms with Crippen molar-refractivity contribution in [2.75, 3.05) is 11.9 Å². The van der Waals surface area contributed by atoms with Gasteiger partial charge in [0.2, 0.25) is 0 Å². The van der Waals surface area contributed by atoms with Crippen LogP contribution in [0.25, 0.3) is 10.1 Å². The lowest BCUT2D eigenvalue weighted by Crippen LogP contribution is -2.22. The topological polar surface area (TPSA) is 55.4 Å². The van der Waals surface area contributed by atoms with Gasteiger partial charge >= 0.3 is 12.1 Å². The SMILES string of the molecule is O=C(COC(=O)c1sc2cc(F)ccc2c1Cl)Nc1ccc(Cl)cc1C(F)(F)F. The van der Waals surface area contributed by atoms with Gasteiger partial charge in [-0.05, 0) is 36.4 Å². The lowest BCUT2D eigenvalue weighted by molar-refractivity contribution is -0.137.